The second kappa shape index (κ2) is 7.80. The third-order valence-corrected chi connectivity index (χ3v) is 3.94. The summed E-state index contributed by atoms with van der Waals surface area (Å²) in [5.74, 6) is 0.106. The first-order valence-electron chi connectivity index (χ1n) is 7.88. The molecule has 1 aromatic rings. The predicted molar refractivity (Wildman–Crippen MR) is 90.0 cm³/mol. The molecule has 0 spiro atoms. The Labute approximate surface area is 137 Å². The molecule has 1 fully saturated rings. The molecule has 0 unspecified atom stereocenters. The summed E-state index contributed by atoms with van der Waals surface area (Å²) in [7, 11) is 0. The number of nitrogens with zero attached hydrogens (tertiary/aromatic N) is 2. The highest BCUT2D eigenvalue weighted by Crippen LogP contribution is 2.27. The molecule has 1 N–H and O–H groups in total. The molecule has 0 atom stereocenters. The summed E-state index contributed by atoms with van der Waals surface area (Å²) >= 11 is 0. The SMILES string of the molecule is Cc1cccc(C(C)C)c1N/C=C(/C#N)C(=O)N1CCOCC1. The Morgan fingerprint density at radius 3 is 2.70 bits per heavy atom. The summed E-state index contributed by atoms with van der Waals surface area (Å²) in [5, 5.41) is 12.5. The van der Waals surface area contributed by atoms with E-state index in [0.29, 0.717) is 32.2 Å². The quantitative estimate of drug-likeness (QED) is 0.686. The number of benzene rings is 1. The molecule has 0 aliphatic carbocycles. The number of aryl methyl sites for hydroxylation is 1. The summed E-state index contributed by atoms with van der Waals surface area (Å²) < 4.78 is 5.24. The molecule has 23 heavy (non-hydrogen) atoms. The van der Waals surface area contributed by atoms with E-state index in [9.17, 15) is 10.1 Å². The standard InChI is InChI=1S/C18H23N3O2/c1-13(2)16-6-4-5-14(3)17(16)20-12-15(11-19)18(22)21-7-9-23-10-8-21/h4-6,12-13,20H,7-10H2,1-3H3/b15-12-. The molecule has 1 amide bonds. The minimum Gasteiger partial charge on any atom is -0.378 e. The molecular formula is C18H23N3O2. The number of morpholine rings is 1. The minimum atomic E-state index is -0.247. The normalized spacial score (nSPS) is 15.4. The van der Waals surface area contributed by atoms with E-state index in [1.807, 2.05) is 25.1 Å². The minimum absolute atomic E-state index is 0.116. The number of rotatable bonds is 4. The maximum Gasteiger partial charge on any atom is 0.266 e. The molecule has 1 aliphatic heterocycles. The van der Waals surface area contributed by atoms with Crippen molar-refractivity contribution in [3.63, 3.8) is 0 Å². The fraction of sp³-hybridized carbons (Fsp3) is 0.444. The van der Waals surface area contributed by atoms with Gasteiger partial charge in [0.1, 0.15) is 11.6 Å². The van der Waals surface area contributed by atoms with Crippen LogP contribution in [0.2, 0.25) is 0 Å². The Morgan fingerprint density at radius 2 is 2.09 bits per heavy atom. The van der Waals surface area contributed by atoms with E-state index >= 15 is 0 Å². The summed E-state index contributed by atoms with van der Waals surface area (Å²) in [6, 6.07) is 8.09. The highest BCUT2D eigenvalue weighted by Gasteiger charge is 2.20. The summed E-state index contributed by atoms with van der Waals surface area (Å²) in [4.78, 5) is 14.0. The van der Waals surface area contributed by atoms with Crippen LogP contribution in [0.15, 0.2) is 30.0 Å². The van der Waals surface area contributed by atoms with Crippen LogP contribution < -0.4 is 5.32 Å². The molecule has 0 aromatic heterocycles. The third-order valence-electron chi connectivity index (χ3n) is 3.94. The lowest BCUT2D eigenvalue weighted by atomic mass is 9.98. The van der Waals surface area contributed by atoms with Gasteiger partial charge in [0.15, 0.2) is 0 Å². The van der Waals surface area contributed by atoms with Crippen molar-refractivity contribution >= 4 is 11.6 Å². The largest absolute Gasteiger partial charge is 0.378 e. The Balaban J connectivity index is 2.20. The van der Waals surface area contributed by atoms with E-state index in [0.717, 1.165) is 16.8 Å². The van der Waals surface area contributed by atoms with Crippen molar-refractivity contribution in [1.82, 2.24) is 4.90 Å². The summed E-state index contributed by atoms with van der Waals surface area (Å²) in [6.07, 6.45) is 1.52. The van der Waals surface area contributed by atoms with Crippen LogP contribution in [0, 0.1) is 18.3 Å². The molecule has 5 heteroatoms. The molecule has 122 valence electrons. The highest BCUT2D eigenvalue weighted by atomic mass is 16.5. The highest BCUT2D eigenvalue weighted by molar-refractivity contribution is 5.97. The zero-order valence-corrected chi connectivity index (χ0v) is 13.9. The van der Waals surface area contributed by atoms with Crippen molar-refractivity contribution in [2.45, 2.75) is 26.7 Å². The number of para-hydroxylation sites is 1. The fourth-order valence-electron chi connectivity index (χ4n) is 2.59. The first kappa shape index (κ1) is 17.0. The van der Waals surface area contributed by atoms with Crippen LogP contribution in [0.1, 0.15) is 30.9 Å². The van der Waals surface area contributed by atoms with Gasteiger partial charge in [-0.1, -0.05) is 32.0 Å². The summed E-state index contributed by atoms with van der Waals surface area (Å²) in [5.41, 5.74) is 3.33. The van der Waals surface area contributed by atoms with Crippen molar-refractivity contribution in [3.05, 3.63) is 41.1 Å². The van der Waals surface area contributed by atoms with Gasteiger partial charge in [0, 0.05) is 25.0 Å². The number of carbonyl (C=O) groups excluding carboxylic acids is 1. The van der Waals surface area contributed by atoms with E-state index in [1.165, 1.54) is 6.20 Å². The first-order valence-corrected chi connectivity index (χ1v) is 7.88. The molecule has 0 bridgehead atoms. The van der Waals surface area contributed by atoms with Gasteiger partial charge >= 0.3 is 0 Å². The van der Waals surface area contributed by atoms with E-state index < -0.39 is 0 Å². The number of nitriles is 1. The van der Waals surface area contributed by atoms with Crippen molar-refractivity contribution in [2.75, 3.05) is 31.6 Å². The first-order chi connectivity index (χ1) is 11.0. The van der Waals surface area contributed by atoms with Gasteiger partial charge in [-0.3, -0.25) is 4.79 Å². The van der Waals surface area contributed by atoms with Crippen molar-refractivity contribution < 1.29 is 9.53 Å². The van der Waals surface area contributed by atoms with Gasteiger partial charge in [0.2, 0.25) is 0 Å². The van der Waals surface area contributed by atoms with Crippen LogP contribution in [0.25, 0.3) is 0 Å². The van der Waals surface area contributed by atoms with E-state index in [1.54, 1.807) is 4.90 Å². The number of anilines is 1. The fourth-order valence-corrected chi connectivity index (χ4v) is 2.59. The zero-order chi connectivity index (χ0) is 16.8. The molecule has 1 heterocycles. The molecule has 1 aromatic carbocycles. The van der Waals surface area contributed by atoms with E-state index in [-0.39, 0.29) is 11.5 Å². The Bertz CT molecular complexity index is 638. The maximum atomic E-state index is 12.4. The number of amides is 1. The molecule has 5 nitrogen and oxygen atoms in total. The van der Waals surface area contributed by atoms with Gasteiger partial charge in [0.25, 0.3) is 5.91 Å². The third kappa shape index (κ3) is 4.11. The van der Waals surface area contributed by atoms with Crippen LogP contribution in [0.5, 0.6) is 0 Å². The average Bonchev–Trinajstić information content (AvgIpc) is 2.56. The van der Waals surface area contributed by atoms with Gasteiger partial charge in [-0.05, 0) is 24.0 Å². The van der Waals surface area contributed by atoms with E-state index in [4.69, 9.17) is 4.74 Å². The van der Waals surface area contributed by atoms with Crippen molar-refractivity contribution in [1.29, 1.82) is 5.26 Å². The lowest BCUT2D eigenvalue weighted by Crippen LogP contribution is -2.41. The Kier molecular flexibility index (Phi) is 5.78. The second-order valence-corrected chi connectivity index (χ2v) is 5.91. The molecule has 0 saturated carbocycles. The zero-order valence-electron chi connectivity index (χ0n) is 13.9. The maximum absolute atomic E-state index is 12.4. The second-order valence-electron chi connectivity index (χ2n) is 5.91. The number of hydrogen-bond acceptors (Lipinski definition) is 4. The van der Waals surface area contributed by atoms with Gasteiger partial charge in [-0.2, -0.15) is 5.26 Å². The molecule has 1 saturated heterocycles. The Morgan fingerprint density at radius 1 is 1.39 bits per heavy atom. The van der Waals surface area contributed by atoms with Gasteiger partial charge in [-0.15, -0.1) is 0 Å². The molecule has 0 radical (unpaired) electrons. The predicted octanol–water partition coefficient (Wildman–Crippen LogP) is 2.80. The lowest BCUT2D eigenvalue weighted by molar-refractivity contribution is -0.130. The number of nitrogens with one attached hydrogen (secondary N) is 1. The van der Waals surface area contributed by atoms with Crippen LogP contribution in [0.3, 0.4) is 0 Å². The van der Waals surface area contributed by atoms with Gasteiger partial charge in [-0.25, -0.2) is 0 Å². The molecular weight excluding hydrogens is 290 g/mol. The smallest absolute Gasteiger partial charge is 0.266 e. The average molecular weight is 313 g/mol. The Hall–Kier alpha value is -2.32. The number of ether oxygens (including phenoxy) is 1. The van der Waals surface area contributed by atoms with Crippen LogP contribution in [-0.2, 0) is 9.53 Å². The lowest BCUT2D eigenvalue weighted by Gasteiger charge is -2.26. The summed E-state index contributed by atoms with van der Waals surface area (Å²) in [6.45, 7) is 8.35. The topological polar surface area (TPSA) is 65.4 Å². The van der Waals surface area contributed by atoms with Gasteiger partial charge in [0.05, 0.1) is 13.2 Å². The molecule has 1 aliphatic rings. The van der Waals surface area contributed by atoms with Crippen LogP contribution in [-0.4, -0.2) is 37.1 Å². The van der Waals surface area contributed by atoms with Crippen molar-refractivity contribution in [3.8, 4) is 6.07 Å². The number of hydrogen-bond donors (Lipinski definition) is 1. The van der Waals surface area contributed by atoms with Crippen LogP contribution in [0.4, 0.5) is 5.69 Å². The monoisotopic (exact) mass is 313 g/mol. The van der Waals surface area contributed by atoms with Crippen molar-refractivity contribution in [2.24, 2.45) is 0 Å². The molecule has 2 rings (SSSR count). The van der Waals surface area contributed by atoms with Crippen LogP contribution >= 0.6 is 0 Å². The van der Waals surface area contributed by atoms with E-state index in [2.05, 4.69) is 25.2 Å². The number of carbonyl (C=O) groups is 1. The van der Waals surface area contributed by atoms with Gasteiger partial charge < -0.3 is 15.0 Å².